The van der Waals surface area contributed by atoms with Crippen molar-refractivity contribution in [2.75, 3.05) is 39.8 Å². The molecule has 0 unspecified atom stereocenters. The molecule has 0 aromatic heterocycles. The second-order valence-corrected chi connectivity index (χ2v) is 7.19. The minimum absolute atomic E-state index is 0.0583. The molecule has 2 aliphatic heterocycles. The standard InChI is InChI=1S/C17H28N4O3/c1-19-8-7-18-17(24)14(19)11-15(22)20-9-10-21(16(23)12-20)13-5-3-2-4-6-13/h13-14H,2-12H2,1H3,(H,18,24)/t14-/m1/s1. The lowest BCUT2D eigenvalue weighted by Crippen LogP contribution is -2.58. The van der Waals surface area contributed by atoms with E-state index < -0.39 is 6.04 Å². The lowest BCUT2D eigenvalue weighted by Gasteiger charge is -2.41. The molecule has 24 heavy (non-hydrogen) atoms. The van der Waals surface area contributed by atoms with E-state index in [1.807, 2.05) is 16.8 Å². The summed E-state index contributed by atoms with van der Waals surface area (Å²) in [5.41, 5.74) is 0. The minimum Gasteiger partial charge on any atom is -0.353 e. The van der Waals surface area contributed by atoms with Gasteiger partial charge < -0.3 is 15.1 Å². The van der Waals surface area contributed by atoms with Crippen molar-refractivity contribution in [1.82, 2.24) is 20.0 Å². The summed E-state index contributed by atoms with van der Waals surface area (Å²) in [4.78, 5) is 42.5. The summed E-state index contributed by atoms with van der Waals surface area (Å²) < 4.78 is 0. The summed E-state index contributed by atoms with van der Waals surface area (Å²) in [5.74, 6) is -0.132. The third-order valence-electron chi connectivity index (χ3n) is 5.59. The molecule has 3 aliphatic rings. The molecule has 0 aromatic carbocycles. The molecule has 1 N–H and O–H groups in total. The van der Waals surface area contributed by atoms with E-state index in [0.29, 0.717) is 25.7 Å². The predicted octanol–water partition coefficient (Wildman–Crippen LogP) is -0.190. The average Bonchev–Trinajstić information content (AvgIpc) is 2.59. The maximum atomic E-state index is 12.5. The molecule has 7 nitrogen and oxygen atoms in total. The molecule has 1 aliphatic carbocycles. The first-order valence-electron chi connectivity index (χ1n) is 9.11. The molecule has 1 atom stereocenters. The molecule has 2 saturated heterocycles. The van der Waals surface area contributed by atoms with Crippen LogP contribution >= 0.6 is 0 Å². The average molecular weight is 336 g/mol. The Morgan fingerprint density at radius 1 is 1.12 bits per heavy atom. The second-order valence-electron chi connectivity index (χ2n) is 7.19. The molecule has 0 spiro atoms. The molecule has 2 heterocycles. The van der Waals surface area contributed by atoms with Crippen molar-refractivity contribution in [2.45, 2.75) is 50.6 Å². The van der Waals surface area contributed by atoms with Gasteiger partial charge in [-0.2, -0.15) is 0 Å². The van der Waals surface area contributed by atoms with Crippen molar-refractivity contribution in [3.8, 4) is 0 Å². The van der Waals surface area contributed by atoms with Crippen LogP contribution in [0.3, 0.4) is 0 Å². The van der Waals surface area contributed by atoms with E-state index in [9.17, 15) is 14.4 Å². The van der Waals surface area contributed by atoms with Crippen molar-refractivity contribution >= 4 is 17.7 Å². The molecule has 3 fully saturated rings. The minimum atomic E-state index is -0.419. The van der Waals surface area contributed by atoms with Gasteiger partial charge in [-0.3, -0.25) is 19.3 Å². The zero-order valence-electron chi connectivity index (χ0n) is 14.5. The largest absolute Gasteiger partial charge is 0.353 e. The normalized spacial score (nSPS) is 27.3. The first-order chi connectivity index (χ1) is 11.6. The van der Waals surface area contributed by atoms with Crippen molar-refractivity contribution in [1.29, 1.82) is 0 Å². The van der Waals surface area contributed by atoms with Gasteiger partial charge in [0.2, 0.25) is 17.7 Å². The number of hydrogen-bond acceptors (Lipinski definition) is 4. The smallest absolute Gasteiger partial charge is 0.242 e. The highest BCUT2D eigenvalue weighted by atomic mass is 16.2. The lowest BCUT2D eigenvalue weighted by molar-refractivity contribution is -0.149. The van der Waals surface area contributed by atoms with Gasteiger partial charge in [0.15, 0.2) is 0 Å². The fourth-order valence-corrected chi connectivity index (χ4v) is 4.05. The Kier molecular flexibility index (Phi) is 5.38. The second kappa shape index (κ2) is 7.51. The molecular formula is C17H28N4O3. The van der Waals surface area contributed by atoms with Crippen LogP contribution < -0.4 is 5.32 Å². The Morgan fingerprint density at radius 3 is 2.54 bits per heavy atom. The number of carbonyl (C=O) groups is 3. The van der Waals surface area contributed by atoms with E-state index in [4.69, 9.17) is 0 Å². The number of amides is 3. The predicted molar refractivity (Wildman–Crippen MR) is 89.2 cm³/mol. The summed E-state index contributed by atoms with van der Waals surface area (Å²) in [7, 11) is 1.86. The van der Waals surface area contributed by atoms with E-state index >= 15 is 0 Å². The van der Waals surface area contributed by atoms with E-state index in [-0.39, 0.29) is 30.7 Å². The molecular weight excluding hydrogens is 308 g/mol. The third-order valence-corrected chi connectivity index (χ3v) is 5.59. The van der Waals surface area contributed by atoms with Crippen LogP contribution in [0.15, 0.2) is 0 Å². The molecule has 1 saturated carbocycles. The number of hydrogen-bond donors (Lipinski definition) is 1. The van der Waals surface area contributed by atoms with Crippen LogP contribution in [-0.2, 0) is 14.4 Å². The van der Waals surface area contributed by atoms with E-state index in [1.54, 1.807) is 4.90 Å². The van der Waals surface area contributed by atoms with Gasteiger partial charge in [0, 0.05) is 32.2 Å². The highest BCUT2D eigenvalue weighted by Crippen LogP contribution is 2.24. The summed E-state index contributed by atoms with van der Waals surface area (Å²) in [5, 5.41) is 2.80. The highest BCUT2D eigenvalue weighted by molar-refractivity contribution is 5.91. The van der Waals surface area contributed by atoms with Crippen LogP contribution in [0, 0.1) is 0 Å². The van der Waals surface area contributed by atoms with Gasteiger partial charge in [-0.05, 0) is 19.9 Å². The van der Waals surface area contributed by atoms with Crippen LogP contribution in [0.4, 0.5) is 0 Å². The van der Waals surface area contributed by atoms with Gasteiger partial charge in [-0.1, -0.05) is 19.3 Å². The summed E-state index contributed by atoms with van der Waals surface area (Å²) in [6.45, 7) is 2.74. The molecule has 0 aromatic rings. The fourth-order valence-electron chi connectivity index (χ4n) is 4.05. The monoisotopic (exact) mass is 336 g/mol. The topological polar surface area (TPSA) is 73.0 Å². The first-order valence-corrected chi connectivity index (χ1v) is 9.11. The molecule has 3 amide bonds. The summed E-state index contributed by atoms with van der Waals surface area (Å²) in [6, 6.07) is -0.0588. The maximum Gasteiger partial charge on any atom is 0.242 e. The third kappa shape index (κ3) is 3.71. The molecule has 0 bridgehead atoms. The maximum absolute atomic E-state index is 12.5. The van der Waals surface area contributed by atoms with Gasteiger partial charge in [-0.25, -0.2) is 0 Å². The van der Waals surface area contributed by atoms with Gasteiger partial charge >= 0.3 is 0 Å². The summed E-state index contributed by atoms with van der Waals surface area (Å²) in [6.07, 6.45) is 5.99. The van der Waals surface area contributed by atoms with Crippen LogP contribution in [-0.4, -0.2) is 84.3 Å². The van der Waals surface area contributed by atoms with E-state index in [2.05, 4.69) is 5.32 Å². The molecule has 0 radical (unpaired) electrons. The van der Waals surface area contributed by atoms with Gasteiger partial charge in [-0.15, -0.1) is 0 Å². The van der Waals surface area contributed by atoms with Crippen molar-refractivity contribution in [2.24, 2.45) is 0 Å². The molecule has 134 valence electrons. The zero-order chi connectivity index (χ0) is 17.1. The Bertz CT molecular complexity index is 504. The lowest BCUT2D eigenvalue weighted by atomic mass is 9.93. The SMILES string of the molecule is CN1CCNC(=O)[C@H]1CC(=O)N1CCN(C2CCCCC2)C(=O)C1. The van der Waals surface area contributed by atoms with Crippen LogP contribution in [0.5, 0.6) is 0 Å². The quantitative estimate of drug-likeness (QED) is 0.775. The summed E-state index contributed by atoms with van der Waals surface area (Å²) >= 11 is 0. The molecule has 7 heteroatoms. The first kappa shape index (κ1) is 17.2. The van der Waals surface area contributed by atoms with Crippen LogP contribution in [0.25, 0.3) is 0 Å². The number of likely N-dealkylation sites (N-methyl/N-ethyl adjacent to an activating group) is 1. The van der Waals surface area contributed by atoms with E-state index in [0.717, 1.165) is 19.4 Å². The van der Waals surface area contributed by atoms with Gasteiger partial charge in [0.25, 0.3) is 0 Å². The Balaban J connectivity index is 1.54. The number of rotatable bonds is 3. The van der Waals surface area contributed by atoms with E-state index in [1.165, 1.54) is 19.3 Å². The number of carbonyl (C=O) groups excluding carboxylic acids is 3. The van der Waals surface area contributed by atoms with Crippen molar-refractivity contribution < 1.29 is 14.4 Å². The Labute approximate surface area is 143 Å². The van der Waals surface area contributed by atoms with Crippen LogP contribution in [0.1, 0.15) is 38.5 Å². The highest BCUT2D eigenvalue weighted by Gasteiger charge is 2.35. The van der Waals surface area contributed by atoms with Crippen molar-refractivity contribution in [3.63, 3.8) is 0 Å². The van der Waals surface area contributed by atoms with Crippen molar-refractivity contribution in [3.05, 3.63) is 0 Å². The zero-order valence-corrected chi connectivity index (χ0v) is 14.5. The van der Waals surface area contributed by atoms with Crippen LogP contribution in [0.2, 0.25) is 0 Å². The van der Waals surface area contributed by atoms with Gasteiger partial charge in [0.05, 0.1) is 19.0 Å². The Hall–Kier alpha value is -1.63. The number of nitrogens with zero attached hydrogens (tertiary/aromatic N) is 3. The number of nitrogens with one attached hydrogen (secondary N) is 1. The van der Waals surface area contributed by atoms with Gasteiger partial charge in [0.1, 0.15) is 0 Å². The fraction of sp³-hybridized carbons (Fsp3) is 0.824. The Morgan fingerprint density at radius 2 is 1.88 bits per heavy atom. The molecule has 3 rings (SSSR count). The number of piperazine rings is 2.